The normalized spacial score (nSPS) is 12.3. The summed E-state index contributed by atoms with van der Waals surface area (Å²) in [6.45, 7) is 1.41. The number of carboxylic acids is 1. The maximum absolute atomic E-state index is 13.5. The monoisotopic (exact) mass is 639 g/mol. The summed E-state index contributed by atoms with van der Waals surface area (Å²) >= 11 is 6.94. The Kier molecular flexibility index (Phi) is 7.04. The Labute approximate surface area is 232 Å². The van der Waals surface area contributed by atoms with Crippen molar-refractivity contribution in [3.05, 3.63) is 85.5 Å². The van der Waals surface area contributed by atoms with E-state index in [1.165, 1.54) is 24.9 Å². The van der Waals surface area contributed by atoms with Gasteiger partial charge in [0, 0.05) is 15.4 Å². The van der Waals surface area contributed by atoms with Crippen molar-refractivity contribution < 1.29 is 23.8 Å². The fourth-order valence-electron chi connectivity index (χ4n) is 3.79. The molecule has 0 fully saturated rings. The highest BCUT2D eigenvalue weighted by molar-refractivity contribution is 9.13. The second-order valence-corrected chi connectivity index (χ2v) is 9.77. The van der Waals surface area contributed by atoms with Gasteiger partial charge in [0.1, 0.15) is 5.58 Å². The number of ether oxygens (including phenoxy) is 2. The summed E-state index contributed by atoms with van der Waals surface area (Å²) in [5.74, 6) is -0.0222. The summed E-state index contributed by atoms with van der Waals surface area (Å²) in [4.78, 5) is 29.5. The van der Waals surface area contributed by atoms with E-state index in [-0.39, 0.29) is 22.9 Å². The number of rotatable bonds is 7. The van der Waals surface area contributed by atoms with Gasteiger partial charge < -0.3 is 19.0 Å². The zero-order chi connectivity index (χ0) is 27.0. The van der Waals surface area contributed by atoms with Gasteiger partial charge in [-0.25, -0.2) is 9.78 Å². The molecule has 2 aromatic heterocycles. The van der Waals surface area contributed by atoms with E-state index < -0.39 is 12.1 Å². The SMILES string of the molecule is COc1cc(C=Nn2c(-c3cc4ccccc4o3)nc3ccccc3c2=O)c(Br)c(Br)c1O[C@H](C)C(=O)O. The predicted octanol–water partition coefficient (Wildman–Crippen LogP) is 6.08. The third-order valence-electron chi connectivity index (χ3n) is 5.73. The van der Waals surface area contributed by atoms with Crippen LogP contribution in [-0.2, 0) is 4.79 Å². The lowest BCUT2D eigenvalue weighted by Crippen LogP contribution is -2.23. The van der Waals surface area contributed by atoms with E-state index in [9.17, 15) is 14.7 Å². The van der Waals surface area contributed by atoms with E-state index in [4.69, 9.17) is 13.9 Å². The summed E-state index contributed by atoms with van der Waals surface area (Å²) in [5, 5.41) is 15.0. The number of hydrogen-bond donors (Lipinski definition) is 1. The number of halogens is 2. The molecule has 5 rings (SSSR count). The van der Waals surface area contributed by atoms with Crippen LogP contribution in [0.2, 0.25) is 0 Å². The van der Waals surface area contributed by atoms with E-state index in [0.717, 1.165) is 5.39 Å². The van der Waals surface area contributed by atoms with Crippen LogP contribution < -0.4 is 15.0 Å². The zero-order valence-corrected chi connectivity index (χ0v) is 23.2. The van der Waals surface area contributed by atoms with Gasteiger partial charge in [-0.05, 0) is 69.1 Å². The Hall–Kier alpha value is -3.96. The van der Waals surface area contributed by atoms with Crippen LogP contribution in [0, 0.1) is 0 Å². The summed E-state index contributed by atoms with van der Waals surface area (Å²) in [5.41, 5.74) is 1.32. The number of aliphatic carboxylic acids is 1. The molecule has 5 aromatic rings. The topological polar surface area (TPSA) is 116 Å². The van der Waals surface area contributed by atoms with Gasteiger partial charge in [-0.2, -0.15) is 9.78 Å². The molecule has 11 heteroatoms. The highest BCUT2D eigenvalue weighted by Gasteiger charge is 2.22. The average Bonchev–Trinajstić information content (AvgIpc) is 3.35. The van der Waals surface area contributed by atoms with E-state index >= 15 is 0 Å². The van der Waals surface area contributed by atoms with Gasteiger partial charge in [0.05, 0.1) is 28.7 Å². The van der Waals surface area contributed by atoms with Gasteiger partial charge in [0.2, 0.25) is 5.82 Å². The Bertz CT molecular complexity index is 1760. The second kappa shape index (κ2) is 10.4. The lowest BCUT2D eigenvalue weighted by atomic mass is 10.2. The van der Waals surface area contributed by atoms with Crippen molar-refractivity contribution in [1.29, 1.82) is 0 Å². The lowest BCUT2D eigenvalue weighted by molar-refractivity contribution is -0.144. The van der Waals surface area contributed by atoms with Crippen molar-refractivity contribution in [2.24, 2.45) is 5.10 Å². The standard InChI is InChI=1S/C27H19Br2N3O6/c1-14(27(34)35)37-24-20(36-2)12-16(22(28)23(24)29)13-30-32-25(21-11-15-7-3-6-10-19(15)38-21)31-18-9-5-4-8-17(18)26(32)33/h3-14H,1-2H3,(H,34,35)/t14-/m1/s1. The number of para-hydroxylation sites is 2. The summed E-state index contributed by atoms with van der Waals surface area (Å²) < 4.78 is 19.1. The number of hydrogen-bond acceptors (Lipinski definition) is 7. The first-order chi connectivity index (χ1) is 18.3. The molecule has 38 heavy (non-hydrogen) atoms. The molecule has 0 aliphatic carbocycles. The first kappa shape index (κ1) is 25.7. The van der Waals surface area contributed by atoms with E-state index in [0.29, 0.717) is 36.8 Å². The molecule has 192 valence electrons. The minimum atomic E-state index is -1.12. The molecule has 2 heterocycles. The summed E-state index contributed by atoms with van der Waals surface area (Å²) in [7, 11) is 1.44. The Morgan fingerprint density at radius 3 is 2.61 bits per heavy atom. The third-order valence-corrected chi connectivity index (χ3v) is 7.87. The zero-order valence-electron chi connectivity index (χ0n) is 20.0. The van der Waals surface area contributed by atoms with Gasteiger partial charge in [0.25, 0.3) is 5.56 Å². The molecule has 0 saturated carbocycles. The van der Waals surface area contributed by atoms with Crippen LogP contribution in [0.25, 0.3) is 33.5 Å². The van der Waals surface area contributed by atoms with Crippen molar-refractivity contribution in [1.82, 2.24) is 9.66 Å². The molecule has 0 spiro atoms. The first-order valence-electron chi connectivity index (χ1n) is 11.3. The number of carbonyl (C=O) groups is 1. The van der Waals surface area contributed by atoms with Gasteiger partial charge >= 0.3 is 5.97 Å². The van der Waals surface area contributed by atoms with E-state index in [1.54, 1.807) is 30.3 Å². The molecule has 0 amide bonds. The smallest absolute Gasteiger partial charge is 0.344 e. The van der Waals surface area contributed by atoms with Crippen LogP contribution in [-0.4, -0.2) is 40.2 Å². The molecule has 1 N–H and O–H groups in total. The van der Waals surface area contributed by atoms with Gasteiger partial charge in [-0.1, -0.05) is 30.3 Å². The Balaban J connectivity index is 1.66. The van der Waals surface area contributed by atoms with Crippen LogP contribution in [0.15, 0.2) is 83.9 Å². The molecule has 0 aliphatic rings. The fourth-order valence-corrected chi connectivity index (χ4v) is 4.70. The maximum atomic E-state index is 13.5. The Morgan fingerprint density at radius 1 is 1.13 bits per heavy atom. The van der Waals surface area contributed by atoms with E-state index in [1.807, 2.05) is 30.3 Å². The van der Waals surface area contributed by atoms with Crippen LogP contribution >= 0.6 is 31.9 Å². The maximum Gasteiger partial charge on any atom is 0.344 e. The average molecular weight is 641 g/mol. The van der Waals surface area contributed by atoms with Crippen LogP contribution in [0.1, 0.15) is 12.5 Å². The summed E-state index contributed by atoms with van der Waals surface area (Å²) in [6, 6.07) is 17.9. The molecule has 0 unspecified atom stereocenters. The summed E-state index contributed by atoms with van der Waals surface area (Å²) in [6.07, 6.45) is 0.353. The van der Waals surface area contributed by atoms with E-state index in [2.05, 4.69) is 41.9 Å². The fraction of sp³-hybridized carbons (Fsp3) is 0.111. The number of methoxy groups -OCH3 is 1. The molecule has 1 atom stereocenters. The van der Waals surface area contributed by atoms with Crippen molar-refractivity contribution in [2.45, 2.75) is 13.0 Å². The van der Waals surface area contributed by atoms with Gasteiger partial charge in [-0.15, -0.1) is 0 Å². The molecule has 3 aromatic carbocycles. The van der Waals surface area contributed by atoms with Gasteiger partial charge in [0.15, 0.2) is 23.4 Å². The number of aromatic nitrogens is 2. The Morgan fingerprint density at radius 2 is 1.87 bits per heavy atom. The molecule has 9 nitrogen and oxygen atoms in total. The van der Waals surface area contributed by atoms with Crippen LogP contribution in [0.5, 0.6) is 11.5 Å². The van der Waals surface area contributed by atoms with Crippen molar-refractivity contribution in [3.8, 4) is 23.1 Å². The highest BCUT2D eigenvalue weighted by atomic mass is 79.9. The molecule has 0 radical (unpaired) electrons. The number of fused-ring (bicyclic) bond motifs is 2. The number of nitrogens with zero attached hydrogens (tertiary/aromatic N) is 3. The number of carboxylic acid groups (broad SMARTS) is 1. The molecule has 0 bridgehead atoms. The largest absolute Gasteiger partial charge is 0.493 e. The van der Waals surface area contributed by atoms with Gasteiger partial charge in [-0.3, -0.25) is 4.79 Å². The van der Waals surface area contributed by atoms with Crippen molar-refractivity contribution in [3.63, 3.8) is 0 Å². The molecule has 0 saturated heterocycles. The van der Waals surface area contributed by atoms with Crippen molar-refractivity contribution in [2.75, 3.05) is 7.11 Å². The highest BCUT2D eigenvalue weighted by Crippen LogP contribution is 2.43. The van der Waals surface area contributed by atoms with Crippen molar-refractivity contribution >= 4 is 65.9 Å². The lowest BCUT2D eigenvalue weighted by Gasteiger charge is -2.17. The van der Waals surface area contributed by atoms with Crippen LogP contribution in [0.3, 0.4) is 0 Å². The second-order valence-electron chi connectivity index (χ2n) is 8.19. The minimum absolute atomic E-state index is 0.207. The third kappa shape index (κ3) is 4.70. The molecular formula is C27H19Br2N3O6. The minimum Gasteiger partial charge on any atom is -0.493 e. The molecular weight excluding hydrogens is 622 g/mol. The first-order valence-corrected chi connectivity index (χ1v) is 12.9. The molecule has 0 aliphatic heterocycles. The van der Waals surface area contributed by atoms with Crippen LogP contribution in [0.4, 0.5) is 0 Å². The number of furan rings is 1. The quantitative estimate of drug-likeness (QED) is 0.214. The number of benzene rings is 3. The predicted molar refractivity (Wildman–Crippen MR) is 150 cm³/mol.